The summed E-state index contributed by atoms with van der Waals surface area (Å²) in [5.74, 6) is 0.946. The van der Waals surface area contributed by atoms with Gasteiger partial charge in [-0.1, -0.05) is 55.6 Å². The fourth-order valence-corrected chi connectivity index (χ4v) is 5.55. The van der Waals surface area contributed by atoms with E-state index in [1.165, 1.54) is 10.4 Å². The Labute approximate surface area is 228 Å². The van der Waals surface area contributed by atoms with Crippen molar-refractivity contribution in [1.29, 1.82) is 0 Å². The monoisotopic (exact) mass is 539 g/mol. The number of aryl methyl sites for hydroxylation is 1. The molecule has 0 fully saturated rings. The van der Waals surface area contributed by atoms with E-state index in [1.54, 1.807) is 40.5 Å². The highest BCUT2D eigenvalue weighted by atomic mass is 35.5. The minimum Gasteiger partial charge on any atom is -0.491 e. The predicted octanol–water partition coefficient (Wildman–Crippen LogP) is 6.79. The fraction of sp³-hybridized carbons (Fsp3) is 0.379. The van der Waals surface area contributed by atoms with Crippen molar-refractivity contribution in [2.45, 2.75) is 39.7 Å². The molecule has 1 aliphatic heterocycles. The summed E-state index contributed by atoms with van der Waals surface area (Å²) >= 11 is 7.81. The maximum Gasteiger partial charge on any atom is 0.322 e. The predicted molar refractivity (Wildman–Crippen MR) is 151 cm³/mol. The summed E-state index contributed by atoms with van der Waals surface area (Å²) in [4.78, 5) is 31.7. The van der Waals surface area contributed by atoms with Crippen molar-refractivity contribution in [2.24, 2.45) is 5.92 Å². The van der Waals surface area contributed by atoms with E-state index in [1.807, 2.05) is 36.1 Å². The van der Waals surface area contributed by atoms with Crippen LogP contribution in [-0.4, -0.2) is 48.0 Å². The number of rotatable bonds is 9. The van der Waals surface area contributed by atoms with Crippen LogP contribution in [0.4, 0.5) is 10.5 Å². The van der Waals surface area contributed by atoms with E-state index >= 15 is 0 Å². The first-order valence-electron chi connectivity index (χ1n) is 12.7. The third kappa shape index (κ3) is 7.05. The molecule has 8 heteroatoms. The van der Waals surface area contributed by atoms with Crippen LogP contribution < -0.4 is 10.1 Å². The quantitative estimate of drug-likeness (QED) is 0.325. The minimum atomic E-state index is -0.309. The highest BCUT2D eigenvalue weighted by Crippen LogP contribution is 2.34. The highest BCUT2D eigenvalue weighted by molar-refractivity contribution is 7.10. The van der Waals surface area contributed by atoms with E-state index in [0.29, 0.717) is 30.4 Å². The van der Waals surface area contributed by atoms with Crippen molar-refractivity contribution in [3.05, 3.63) is 81.0 Å². The molecular formula is C29H34ClN3O3S. The van der Waals surface area contributed by atoms with Crippen molar-refractivity contribution in [2.75, 3.05) is 31.6 Å². The maximum atomic E-state index is 13.7. The third-order valence-corrected chi connectivity index (χ3v) is 7.99. The lowest BCUT2D eigenvalue weighted by Crippen LogP contribution is -2.49. The van der Waals surface area contributed by atoms with Gasteiger partial charge in [0.25, 0.3) is 0 Å². The van der Waals surface area contributed by atoms with Crippen LogP contribution in [0.15, 0.2) is 60.0 Å². The molecule has 0 saturated heterocycles. The minimum absolute atomic E-state index is 0.00274. The molecule has 4 rings (SSSR count). The lowest BCUT2D eigenvalue weighted by Gasteiger charge is -2.37. The average Bonchev–Trinajstić information content (AvgIpc) is 3.37. The summed E-state index contributed by atoms with van der Waals surface area (Å²) in [5, 5.41) is 5.52. The van der Waals surface area contributed by atoms with E-state index in [2.05, 4.69) is 30.6 Å². The number of anilines is 1. The van der Waals surface area contributed by atoms with Crippen LogP contribution in [0, 0.1) is 12.8 Å². The number of nitrogens with one attached hydrogen (secondary N) is 1. The number of benzene rings is 2. The molecule has 0 aliphatic carbocycles. The van der Waals surface area contributed by atoms with Crippen LogP contribution in [0.1, 0.15) is 42.3 Å². The van der Waals surface area contributed by atoms with Gasteiger partial charge in [0.05, 0.1) is 6.04 Å². The Morgan fingerprint density at radius 2 is 2.00 bits per heavy atom. The SMILES string of the molecule is CC[C@@H](C)CN(CC(=O)N1CCc2sccc2[C@@H]1COc1ccc(C)cc1)C(=O)Nc1cccc(Cl)c1. The molecule has 6 nitrogen and oxygen atoms in total. The molecule has 2 heterocycles. The lowest BCUT2D eigenvalue weighted by molar-refractivity contribution is -0.135. The second kappa shape index (κ2) is 12.5. The van der Waals surface area contributed by atoms with Crippen molar-refractivity contribution in [3.8, 4) is 5.75 Å². The summed E-state index contributed by atoms with van der Waals surface area (Å²) < 4.78 is 6.14. The summed E-state index contributed by atoms with van der Waals surface area (Å²) in [5.41, 5.74) is 2.90. The van der Waals surface area contributed by atoms with Gasteiger partial charge in [0.2, 0.25) is 5.91 Å². The Bertz CT molecular complexity index is 1210. The Morgan fingerprint density at radius 1 is 1.22 bits per heavy atom. The number of halogens is 1. The Morgan fingerprint density at radius 3 is 2.73 bits per heavy atom. The first kappa shape index (κ1) is 27.0. The number of nitrogens with zero attached hydrogens (tertiary/aromatic N) is 2. The van der Waals surface area contributed by atoms with Gasteiger partial charge in [-0.25, -0.2) is 4.79 Å². The van der Waals surface area contributed by atoms with Gasteiger partial charge < -0.3 is 19.9 Å². The van der Waals surface area contributed by atoms with Crippen LogP contribution in [-0.2, 0) is 11.2 Å². The van der Waals surface area contributed by atoms with Crippen LogP contribution in [0.3, 0.4) is 0 Å². The number of urea groups is 1. The summed E-state index contributed by atoms with van der Waals surface area (Å²) in [6, 6.07) is 16.5. The zero-order valence-corrected chi connectivity index (χ0v) is 23.1. The summed E-state index contributed by atoms with van der Waals surface area (Å²) in [6.07, 6.45) is 1.71. The van der Waals surface area contributed by atoms with Gasteiger partial charge in [-0.3, -0.25) is 4.79 Å². The second-order valence-electron chi connectivity index (χ2n) is 9.61. The van der Waals surface area contributed by atoms with E-state index in [-0.39, 0.29) is 30.4 Å². The van der Waals surface area contributed by atoms with Crippen LogP contribution >= 0.6 is 22.9 Å². The Balaban J connectivity index is 1.50. The first-order chi connectivity index (χ1) is 17.8. The van der Waals surface area contributed by atoms with Gasteiger partial charge in [0.15, 0.2) is 0 Å². The van der Waals surface area contributed by atoms with E-state index in [0.717, 1.165) is 24.2 Å². The number of thiophene rings is 1. The first-order valence-corrected chi connectivity index (χ1v) is 14.0. The van der Waals surface area contributed by atoms with Gasteiger partial charge in [-0.15, -0.1) is 11.3 Å². The molecule has 3 aromatic rings. The molecule has 1 aromatic heterocycles. The molecule has 0 bridgehead atoms. The molecule has 0 unspecified atom stereocenters. The number of carbonyl (C=O) groups excluding carboxylic acids is 2. The molecule has 3 amide bonds. The topological polar surface area (TPSA) is 61.9 Å². The van der Waals surface area contributed by atoms with Gasteiger partial charge in [0.1, 0.15) is 18.9 Å². The smallest absolute Gasteiger partial charge is 0.322 e. The Kier molecular flexibility index (Phi) is 9.11. The number of fused-ring (bicyclic) bond motifs is 1. The average molecular weight is 540 g/mol. The molecule has 2 aromatic carbocycles. The van der Waals surface area contributed by atoms with Crippen LogP contribution in [0.25, 0.3) is 0 Å². The Hall–Kier alpha value is -3.03. The molecule has 0 spiro atoms. The van der Waals surface area contributed by atoms with Gasteiger partial charge in [-0.05, 0) is 66.6 Å². The number of hydrogen-bond donors (Lipinski definition) is 1. The zero-order valence-electron chi connectivity index (χ0n) is 21.6. The van der Waals surface area contributed by atoms with E-state index in [4.69, 9.17) is 16.3 Å². The molecule has 0 radical (unpaired) electrons. The molecule has 2 atom stereocenters. The molecule has 196 valence electrons. The van der Waals surface area contributed by atoms with Crippen LogP contribution in [0.2, 0.25) is 5.02 Å². The standard InChI is InChI=1S/C29H34ClN3O3S/c1-4-20(2)17-32(29(35)31-23-7-5-6-22(30)16-23)18-28(34)33-14-12-27-25(13-15-37-27)26(33)19-36-24-10-8-21(3)9-11-24/h5-11,13,15-16,20,26H,4,12,14,17-19H2,1-3H3,(H,31,35)/t20-,26+/m1/s1. The van der Waals surface area contributed by atoms with Crippen molar-refractivity contribution >= 4 is 40.6 Å². The number of carbonyl (C=O) groups is 2. The van der Waals surface area contributed by atoms with Crippen molar-refractivity contribution in [1.82, 2.24) is 9.80 Å². The second-order valence-corrected chi connectivity index (χ2v) is 11.0. The van der Waals surface area contributed by atoms with Gasteiger partial charge in [-0.2, -0.15) is 0 Å². The molecule has 1 aliphatic rings. The zero-order chi connectivity index (χ0) is 26.4. The lowest BCUT2D eigenvalue weighted by atomic mass is 10.00. The maximum absolute atomic E-state index is 13.7. The molecule has 37 heavy (non-hydrogen) atoms. The number of amides is 3. The number of ether oxygens (including phenoxy) is 1. The highest BCUT2D eigenvalue weighted by Gasteiger charge is 2.33. The summed E-state index contributed by atoms with van der Waals surface area (Å²) in [6.45, 7) is 7.65. The van der Waals surface area contributed by atoms with Gasteiger partial charge in [0, 0.05) is 28.7 Å². The van der Waals surface area contributed by atoms with Gasteiger partial charge >= 0.3 is 6.03 Å². The fourth-order valence-electron chi connectivity index (χ4n) is 4.43. The van der Waals surface area contributed by atoms with E-state index in [9.17, 15) is 9.59 Å². The third-order valence-electron chi connectivity index (χ3n) is 6.76. The number of hydrogen-bond acceptors (Lipinski definition) is 4. The van der Waals surface area contributed by atoms with Crippen LogP contribution in [0.5, 0.6) is 5.75 Å². The molecular weight excluding hydrogens is 506 g/mol. The normalized spacial score (nSPS) is 15.6. The van der Waals surface area contributed by atoms with E-state index < -0.39 is 0 Å². The summed E-state index contributed by atoms with van der Waals surface area (Å²) in [7, 11) is 0. The van der Waals surface area contributed by atoms with Crippen molar-refractivity contribution < 1.29 is 14.3 Å². The largest absolute Gasteiger partial charge is 0.491 e. The molecule has 1 N–H and O–H groups in total. The van der Waals surface area contributed by atoms with Crippen molar-refractivity contribution in [3.63, 3.8) is 0 Å². The molecule has 0 saturated carbocycles.